The van der Waals surface area contributed by atoms with Gasteiger partial charge in [0.15, 0.2) is 0 Å². The Morgan fingerprint density at radius 2 is 2.11 bits per heavy atom. The molecule has 0 aliphatic carbocycles. The van der Waals surface area contributed by atoms with Gasteiger partial charge in [0.2, 0.25) is 5.95 Å². The van der Waals surface area contributed by atoms with Crippen molar-refractivity contribution in [3.05, 3.63) is 41.0 Å². The van der Waals surface area contributed by atoms with Crippen LogP contribution in [-0.4, -0.2) is 26.1 Å². The summed E-state index contributed by atoms with van der Waals surface area (Å²) in [6.07, 6.45) is 1.54. The average molecular weight is 258 g/mol. The molecule has 0 spiro atoms. The van der Waals surface area contributed by atoms with Gasteiger partial charge >= 0.3 is 0 Å². The number of carbonyl (C=O) groups is 1. The average Bonchev–Trinajstić information content (AvgIpc) is 2.43. The highest BCUT2D eigenvalue weighted by molar-refractivity contribution is 6.03. The highest BCUT2D eigenvalue weighted by Gasteiger charge is 2.09. The molecule has 0 saturated heterocycles. The fourth-order valence-corrected chi connectivity index (χ4v) is 1.41. The number of rotatable bonds is 3. The Balaban J connectivity index is 2.18. The molecule has 7 heteroatoms. The molecular formula is C12H14N6O. The summed E-state index contributed by atoms with van der Waals surface area (Å²) >= 11 is 0. The second-order valence-corrected chi connectivity index (χ2v) is 4.00. The molecule has 2 aromatic heterocycles. The minimum atomic E-state index is -0.317. The van der Waals surface area contributed by atoms with Crippen molar-refractivity contribution in [1.29, 1.82) is 0 Å². The van der Waals surface area contributed by atoms with E-state index in [1.54, 1.807) is 26.0 Å². The molecule has 0 saturated carbocycles. The van der Waals surface area contributed by atoms with Crippen LogP contribution >= 0.6 is 0 Å². The summed E-state index contributed by atoms with van der Waals surface area (Å²) in [5, 5.41) is 10.3. The Labute approximate surface area is 110 Å². The number of aromatic nitrogens is 4. The molecule has 0 aromatic carbocycles. The minimum Gasteiger partial charge on any atom is -0.325 e. The first kappa shape index (κ1) is 13.0. The molecule has 19 heavy (non-hydrogen) atoms. The van der Waals surface area contributed by atoms with Crippen LogP contribution < -0.4 is 11.1 Å². The standard InChI is InChI=1S/C12H14N6O/c1-7-8(2)17-18-12(15-7)16-11(19)9-3-4-14-10(5-9)6-13/h3-5H,6,13H2,1-2H3,(H,15,16,18,19). The zero-order valence-corrected chi connectivity index (χ0v) is 10.7. The van der Waals surface area contributed by atoms with Crippen molar-refractivity contribution in [2.45, 2.75) is 20.4 Å². The summed E-state index contributed by atoms with van der Waals surface area (Å²) < 4.78 is 0. The van der Waals surface area contributed by atoms with E-state index in [4.69, 9.17) is 5.73 Å². The van der Waals surface area contributed by atoms with Crippen LogP contribution in [0, 0.1) is 13.8 Å². The summed E-state index contributed by atoms with van der Waals surface area (Å²) in [6.45, 7) is 3.89. The molecule has 98 valence electrons. The van der Waals surface area contributed by atoms with E-state index in [0.717, 1.165) is 11.4 Å². The minimum absolute atomic E-state index is 0.180. The van der Waals surface area contributed by atoms with Crippen LogP contribution in [0.1, 0.15) is 27.4 Å². The summed E-state index contributed by atoms with van der Waals surface area (Å²) in [5.74, 6) is -0.138. The maximum Gasteiger partial charge on any atom is 0.258 e. The molecule has 0 bridgehead atoms. The van der Waals surface area contributed by atoms with Crippen molar-refractivity contribution in [3.8, 4) is 0 Å². The van der Waals surface area contributed by atoms with Gasteiger partial charge in [0.05, 0.1) is 17.1 Å². The van der Waals surface area contributed by atoms with Crippen molar-refractivity contribution in [3.63, 3.8) is 0 Å². The lowest BCUT2D eigenvalue weighted by molar-refractivity contribution is 0.102. The highest BCUT2D eigenvalue weighted by Crippen LogP contribution is 2.06. The van der Waals surface area contributed by atoms with Crippen LogP contribution in [0.25, 0.3) is 0 Å². The number of nitrogens with zero attached hydrogens (tertiary/aromatic N) is 4. The van der Waals surface area contributed by atoms with Crippen LogP contribution in [0.15, 0.2) is 18.3 Å². The van der Waals surface area contributed by atoms with Crippen LogP contribution in [0.3, 0.4) is 0 Å². The Hall–Kier alpha value is -2.41. The number of hydrogen-bond donors (Lipinski definition) is 2. The van der Waals surface area contributed by atoms with Crippen LogP contribution in [0.5, 0.6) is 0 Å². The molecule has 0 aliphatic heterocycles. The van der Waals surface area contributed by atoms with E-state index in [0.29, 0.717) is 11.3 Å². The van der Waals surface area contributed by atoms with Crippen LogP contribution in [-0.2, 0) is 6.54 Å². The van der Waals surface area contributed by atoms with Crippen molar-refractivity contribution in [1.82, 2.24) is 20.2 Å². The maximum atomic E-state index is 12.0. The zero-order valence-electron chi connectivity index (χ0n) is 10.7. The first-order chi connectivity index (χ1) is 9.10. The predicted octanol–water partition coefficient (Wildman–Crippen LogP) is 0.594. The number of amides is 1. The smallest absolute Gasteiger partial charge is 0.258 e. The van der Waals surface area contributed by atoms with Crippen molar-refractivity contribution in [2.24, 2.45) is 5.73 Å². The zero-order chi connectivity index (χ0) is 13.8. The first-order valence-electron chi connectivity index (χ1n) is 5.74. The quantitative estimate of drug-likeness (QED) is 0.834. The van der Waals surface area contributed by atoms with E-state index < -0.39 is 0 Å². The molecule has 0 aliphatic rings. The maximum absolute atomic E-state index is 12.0. The van der Waals surface area contributed by atoms with Gasteiger partial charge < -0.3 is 5.73 Å². The molecular weight excluding hydrogens is 244 g/mol. The van der Waals surface area contributed by atoms with Gasteiger partial charge in [0, 0.05) is 18.3 Å². The Morgan fingerprint density at radius 1 is 1.32 bits per heavy atom. The van der Waals surface area contributed by atoms with Gasteiger partial charge in [0.25, 0.3) is 5.91 Å². The third-order valence-corrected chi connectivity index (χ3v) is 2.61. The molecule has 3 N–H and O–H groups in total. The summed E-state index contributed by atoms with van der Waals surface area (Å²) in [7, 11) is 0. The van der Waals surface area contributed by atoms with Gasteiger partial charge in [-0.1, -0.05) is 0 Å². The predicted molar refractivity (Wildman–Crippen MR) is 69.4 cm³/mol. The van der Waals surface area contributed by atoms with Gasteiger partial charge in [-0.2, -0.15) is 5.10 Å². The third kappa shape index (κ3) is 3.08. The van der Waals surface area contributed by atoms with E-state index in [1.807, 2.05) is 0 Å². The van der Waals surface area contributed by atoms with Gasteiger partial charge in [-0.05, 0) is 26.0 Å². The summed E-state index contributed by atoms with van der Waals surface area (Å²) in [5.41, 5.74) is 8.03. The topological polar surface area (TPSA) is 107 Å². The van der Waals surface area contributed by atoms with E-state index in [9.17, 15) is 4.79 Å². The Bertz CT molecular complexity index is 613. The SMILES string of the molecule is Cc1nnc(NC(=O)c2ccnc(CN)c2)nc1C. The normalized spacial score (nSPS) is 10.3. The van der Waals surface area contributed by atoms with Crippen molar-refractivity contribution < 1.29 is 4.79 Å². The molecule has 0 radical (unpaired) electrons. The molecule has 2 heterocycles. The second-order valence-electron chi connectivity index (χ2n) is 4.00. The Kier molecular flexibility index (Phi) is 3.76. The molecule has 0 unspecified atom stereocenters. The van der Waals surface area contributed by atoms with E-state index in [2.05, 4.69) is 25.5 Å². The van der Waals surface area contributed by atoms with Gasteiger partial charge in [-0.3, -0.25) is 15.1 Å². The largest absolute Gasteiger partial charge is 0.325 e. The monoisotopic (exact) mass is 258 g/mol. The molecule has 0 atom stereocenters. The molecule has 2 rings (SSSR count). The first-order valence-corrected chi connectivity index (χ1v) is 5.74. The second kappa shape index (κ2) is 5.49. The fraction of sp³-hybridized carbons (Fsp3) is 0.250. The van der Waals surface area contributed by atoms with Crippen LogP contribution in [0.4, 0.5) is 5.95 Å². The van der Waals surface area contributed by atoms with E-state index in [-0.39, 0.29) is 18.4 Å². The molecule has 2 aromatic rings. The number of anilines is 1. The van der Waals surface area contributed by atoms with Gasteiger partial charge in [-0.15, -0.1) is 5.10 Å². The lowest BCUT2D eigenvalue weighted by Gasteiger charge is -2.05. The van der Waals surface area contributed by atoms with E-state index >= 15 is 0 Å². The number of nitrogens with one attached hydrogen (secondary N) is 1. The van der Waals surface area contributed by atoms with Crippen molar-refractivity contribution in [2.75, 3.05) is 5.32 Å². The number of nitrogens with two attached hydrogens (primary N) is 1. The van der Waals surface area contributed by atoms with Crippen LogP contribution in [0.2, 0.25) is 0 Å². The van der Waals surface area contributed by atoms with Gasteiger partial charge in [0.1, 0.15) is 0 Å². The lowest BCUT2D eigenvalue weighted by Crippen LogP contribution is -2.16. The van der Waals surface area contributed by atoms with Crippen molar-refractivity contribution >= 4 is 11.9 Å². The number of aryl methyl sites for hydroxylation is 2. The number of carbonyl (C=O) groups excluding carboxylic acids is 1. The third-order valence-electron chi connectivity index (χ3n) is 2.61. The number of hydrogen-bond acceptors (Lipinski definition) is 6. The highest BCUT2D eigenvalue weighted by atomic mass is 16.1. The number of pyridine rings is 1. The van der Waals surface area contributed by atoms with Gasteiger partial charge in [-0.25, -0.2) is 4.98 Å². The fourth-order valence-electron chi connectivity index (χ4n) is 1.41. The summed E-state index contributed by atoms with van der Waals surface area (Å²) in [6, 6.07) is 3.23. The molecule has 1 amide bonds. The Morgan fingerprint density at radius 3 is 2.79 bits per heavy atom. The lowest BCUT2D eigenvalue weighted by atomic mass is 10.2. The molecule has 0 fully saturated rings. The molecule has 7 nitrogen and oxygen atoms in total. The summed E-state index contributed by atoms with van der Waals surface area (Å²) in [4.78, 5) is 20.2. The van der Waals surface area contributed by atoms with E-state index in [1.165, 1.54) is 6.20 Å².